The van der Waals surface area contributed by atoms with Crippen molar-refractivity contribution in [1.82, 2.24) is 5.32 Å². The Hall–Kier alpha value is -3.04. The summed E-state index contributed by atoms with van der Waals surface area (Å²) in [5.41, 5.74) is -0.0333. The fourth-order valence-corrected chi connectivity index (χ4v) is 3.18. The van der Waals surface area contributed by atoms with Crippen LogP contribution in [-0.4, -0.2) is 16.9 Å². The lowest BCUT2D eigenvalue weighted by Gasteiger charge is -2.06. The zero-order valence-electron chi connectivity index (χ0n) is 13.7. The number of furan rings is 1. The predicted octanol–water partition coefficient (Wildman–Crippen LogP) is 2.96. The lowest BCUT2D eigenvalue weighted by Crippen LogP contribution is -2.34. The molecule has 0 aliphatic rings. The Kier molecular flexibility index (Phi) is 5.63. The average Bonchev–Trinajstić information content (AvgIpc) is 3.34. The van der Waals surface area contributed by atoms with Crippen LogP contribution in [0.1, 0.15) is 21.6 Å². The summed E-state index contributed by atoms with van der Waals surface area (Å²) in [5, 5.41) is 14.8. The Morgan fingerprint density at radius 3 is 2.63 bits per heavy atom. The van der Waals surface area contributed by atoms with E-state index in [1.54, 1.807) is 24.3 Å². The SMILES string of the molecule is O=C(NCc1ccc([C@H](O)c2ccco2)s1)C(=O)Nc1ccc(F)c(F)c1. The molecule has 0 aliphatic carbocycles. The first-order valence-corrected chi connectivity index (χ1v) is 8.60. The summed E-state index contributed by atoms with van der Waals surface area (Å²) in [6.07, 6.45) is 0.546. The third-order valence-corrected chi connectivity index (χ3v) is 4.71. The fourth-order valence-electron chi connectivity index (χ4n) is 2.23. The molecular formula is C18H14F2N2O4S. The van der Waals surface area contributed by atoms with Crippen molar-refractivity contribution in [3.05, 3.63) is 75.9 Å². The molecule has 0 aliphatic heterocycles. The van der Waals surface area contributed by atoms with Gasteiger partial charge in [-0.2, -0.15) is 0 Å². The summed E-state index contributed by atoms with van der Waals surface area (Å²) in [4.78, 5) is 25.0. The number of benzene rings is 1. The maximum atomic E-state index is 13.1. The Labute approximate surface area is 156 Å². The lowest BCUT2D eigenvalue weighted by atomic mass is 10.2. The van der Waals surface area contributed by atoms with E-state index in [2.05, 4.69) is 10.6 Å². The summed E-state index contributed by atoms with van der Waals surface area (Å²) < 4.78 is 31.1. The molecule has 0 fully saturated rings. The number of halogens is 2. The Morgan fingerprint density at radius 2 is 1.93 bits per heavy atom. The first-order chi connectivity index (χ1) is 12.9. The van der Waals surface area contributed by atoms with Crippen molar-refractivity contribution in [3.63, 3.8) is 0 Å². The minimum Gasteiger partial charge on any atom is -0.466 e. The molecule has 2 aromatic heterocycles. The number of hydrogen-bond acceptors (Lipinski definition) is 5. The van der Waals surface area contributed by atoms with Crippen molar-refractivity contribution in [2.75, 3.05) is 5.32 Å². The lowest BCUT2D eigenvalue weighted by molar-refractivity contribution is -0.136. The van der Waals surface area contributed by atoms with Crippen LogP contribution >= 0.6 is 11.3 Å². The first-order valence-electron chi connectivity index (χ1n) is 7.78. The summed E-state index contributed by atoms with van der Waals surface area (Å²) in [6, 6.07) is 9.49. The largest absolute Gasteiger partial charge is 0.466 e. The number of thiophene rings is 1. The van der Waals surface area contributed by atoms with E-state index in [1.807, 2.05) is 0 Å². The van der Waals surface area contributed by atoms with Crippen LogP contribution in [0.2, 0.25) is 0 Å². The van der Waals surface area contributed by atoms with Crippen LogP contribution in [0, 0.1) is 11.6 Å². The van der Waals surface area contributed by atoms with Crippen LogP contribution in [0.15, 0.2) is 53.1 Å². The van der Waals surface area contributed by atoms with Gasteiger partial charge in [-0.1, -0.05) is 0 Å². The zero-order valence-corrected chi connectivity index (χ0v) is 14.6. The molecule has 27 heavy (non-hydrogen) atoms. The maximum Gasteiger partial charge on any atom is 0.313 e. The number of aliphatic hydroxyl groups is 1. The second-order valence-electron chi connectivity index (χ2n) is 5.49. The Bertz CT molecular complexity index is 956. The van der Waals surface area contributed by atoms with Crippen LogP contribution in [0.5, 0.6) is 0 Å². The Morgan fingerprint density at radius 1 is 1.11 bits per heavy atom. The molecule has 0 saturated carbocycles. The molecule has 3 N–H and O–H groups in total. The number of hydrogen-bond donors (Lipinski definition) is 3. The van der Waals surface area contributed by atoms with Crippen molar-refractivity contribution >= 4 is 28.8 Å². The highest BCUT2D eigenvalue weighted by Gasteiger charge is 2.17. The van der Waals surface area contributed by atoms with Crippen LogP contribution < -0.4 is 10.6 Å². The van der Waals surface area contributed by atoms with Gasteiger partial charge in [0.25, 0.3) is 0 Å². The molecule has 0 unspecified atom stereocenters. The van der Waals surface area contributed by atoms with E-state index < -0.39 is 29.6 Å². The summed E-state index contributed by atoms with van der Waals surface area (Å²) in [7, 11) is 0. The summed E-state index contributed by atoms with van der Waals surface area (Å²) >= 11 is 1.25. The number of aliphatic hydroxyl groups excluding tert-OH is 1. The fraction of sp³-hybridized carbons (Fsp3) is 0.111. The highest BCUT2D eigenvalue weighted by atomic mass is 32.1. The van der Waals surface area contributed by atoms with Crippen LogP contribution in [0.3, 0.4) is 0 Å². The number of rotatable bonds is 5. The van der Waals surface area contributed by atoms with Crippen molar-refractivity contribution in [2.45, 2.75) is 12.6 Å². The third kappa shape index (κ3) is 4.57. The minimum atomic E-state index is -1.13. The monoisotopic (exact) mass is 392 g/mol. The summed E-state index contributed by atoms with van der Waals surface area (Å²) in [6.45, 7) is 0.0690. The molecule has 3 aromatic rings. The number of carbonyl (C=O) groups is 2. The smallest absolute Gasteiger partial charge is 0.313 e. The molecular weight excluding hydrogens is 378 g/mol. The van der Waals surface area contributed by atoms with Gasteiger partial charge in [0.2, 0.25) is 0 Å². The van der Waals surface area contributed by atoms with E-state index in [4.69, 9.17) is 4.42 Å². The Balaban J connectivity index is 1.54. The zero-order chi connectivity index (χ0) is 19.4. The first kappa shape index (κ1) is 18.7. The molecule has 2 amide bonds. The molecule has 140 valence electrons. The van der Waals surface area contributed by atoms with Gasteiger partial charge in [-0.25, -0.2) is 8.78 Å². The molecule has 1 atom stereocenters. The minimum absolute atomic E-state index is 0.0333. The van der Waals surface area contributed by atoms with E-state index in [0.29, 0.717) is 15.5 Å². The molecule has 6 nitrogen and oxygen atoms in total. The molecule has 0 radical (unpaired) electrons. The van der Waals surface area contributed by atoms with Crippen molar-refractivity contribution in [3.8, 4) is 0 Å². The third-order valence-electron chi connectivity index (χ3n) is 3.57. The second kappa shape index (κ2) is 8.11. The summed E-state index contributed by atoms with van der Waals surface area (Å²) in [5.74, 6) is -3.72. The van der Waals surface area contributed by atoms with Crippen molar-refractivity contribution in [2.24, 2.45) is 0 Å². The van der Waals surface area contributed by atoms with E-state index >= 15 is 0 Å². The number of carbonyl (C=O) groups excluding carboxylic acids is 2. The molecule has 9 heteroatoms. The van der Waals surface area contributed by atoms with E-state index in [1.165, 1.54) is 17.6 Å². The maximum absolute atomic E-state index is 13.1. The van der Waals surface area contributed by atoms with Gasteiger partial charge in [-0.15, -0.1) is 11.3 Å². The molecule has 0 bridgehead atoms. The van der Waals surface area contributed by atoms with Gasteiger partial charge in [0, 0.05) is 21.5 Å². The predicted molar refractivity (Wildman–Crippen MR) is 93.9 cm³/mol. The quantitative estimate of drug-likeness (QED) is 0.582. The van der Waals surface area contributed by atoms with Gasteiger partial charge in [-0.3, -0.25) is 9.59 Å². The van der Waals surface area contributed by atoms with E-state index in [9.17, 15) is 23.5 Å². The normalized spacial score (nSPS) is 11.8. The van der Waals surface area contributed by atoms with Crippen molar-refractivity contribution in [1.29, 1.82) is 0 Å². The molecule has 0 saturated heterocycles. The molecule has 0 spiro atoms. The average molecular weight is 392 g/mol. The molecule has 3 rings (SSSR count). The van der Waals surface area contributed by atoms with Gasteiger partial charge < -0.3 is 20.2 Å². The highest BCUT2D eigenvalue weighted by Crippen LogP contribution is 2.28. The van der Waals surface area contributed by atoms with Crippen LogP contribution in [0.25, 0.3) is 0 Å². The number of amides is 2. The standard InChI is InChI=1S/C18H14F2N2O4S/c19-12-5-3-10(8-13(12)20)22-18(25)17(24)21-9-11-4-6-15(27-11)16(23)14-2-1-7-26-14/h1-8,16,23H,9H2,(H,21,24)(H,22,25)/t16-/m1/s1. The highest BCUT2D eigenvalue weighted by molar-refractivity contribution is 7.12. The van der Waals surface area contributed by atoms with E-state index in [0.717, 1.165) is 18.2 Å². The van der Waals surface area contributed by atoms with E-state index in [-0.39, 0.29) is 12.2 Å². The van der Waals surface area contributed by atoms with Gasteiger partial charge in [-0.05, 0) is 36.4 Å². The number of nitrogens with one attached hydrogen (secondary N) is 2. The van der Waals surface area contributed by atoms with Gasteiger partial charge in [0.15, 0.2) is 11.6 Å². The van der Waals surface area contributed by atoms with Gasteiger partial charge >= 0.3 is 11.8 Å². The molecule has 2 heterocycles. The van der Waals surface area contributed by atoms with Crippen LogP contribution in [0.4, 0.5) is 14.5 Å². The second-order valence-corrected chi connectivity index (χ2v) is 6.69. The topological polar surface area (TPSA) is 91.6 Å². The van der Waals surface area contributed by atoms with Crippen molar-refractivity contribution < 1.29 is 27.9 Å². The van der Waals surface area contributed by atoms with Gasteiger partial charge in [0.1, 0.15) is 11.9 Å². The number of anilines is 1. The van der Waals surface area contributed by atoms with Crippen LogP contribution in [-0.2, 0) is 16.1 Å². The van der Waals surface area contributed by atoms with Gasteiger partial charge in [0.05, 0.1) is 12.8 Å². The molecule has 1 aromatic carbocycles.